The monoisotopic (exact) mass is 463 g/mol. The SMILES string of the molecule is O=c1c2cc(-c3ccc(Cl)cc3)nc(-c3cccc(F)c3)c2ncn1CC(O)C(F)(F)F. The standard InChI is InChI=1S/C22H14ClF4N3O2/c23-14-6-4-12(5-7-14)17-9-16-20(19(29-17)13-2-1-3-15(24)8-13)28-11-30(21(16)32)10-18(31)22(25,26)27/h1-9,11,18,31H,10H2. The fourth-order valence-corrected chi connectivity index (χ4v) is 3.32. The Hall–Kier alpha value is -3.30. The smallest absolute Gasteiger partial charge is 0.382 e. The lowest BCUT2D eigenvalue weighted by atomic mass is 10.0. The number of nitrogens with zero attached hydrogens (tertiary/aromatic N) is 3. The molecule has 0 aliphatic carbocycles. The Morgan fingerprint density at radius 2 is 1.78 bits per heavy atom. The molecule has 5 nitrogen and oxygen atoms in total. The highest BCUT2D eigenvalue weighted by Gasteiger charge is 2.38. The molecule has 0 aliphatic heterocycles. The van der Waals surface area contributed by atoms with Gasteiger partial charge in [0.05, 0.1) is 29.6 Å². The minimum Gasteiger partial charge on any atom is -0.382 e. The third-order valence-electron chi connectivity index (χ3n) is 4.80. The third kappa shape index (κ3) is 4.35. The first-order chi connectivity index (χ1) is 15.1. The molecule has 0 bridgehead atoms. The maximum Gasteiger partial charge on any atom is 0.416 e. The molecule has 1 atom stereocenters. The van der Waals surface area contributed by atoms with Gasteiger partial charge in [0.1, 0.15) is 11.3 Å². The van der Waals surface area contributed by atoms with Crippen molar-refractivity contribution in [2.24, 2.45) is 0 Å². The number of halogens is 5. The Labute approximate surface area is 183 Å². The zero-order valence-electron chi connectivity index (χ0n) is 16.1. The molecule has 4 rings (SSSR count). The number of aliphatic hydroxyl groups excluding tert-OH is 1. The van der Waals surface area contributed by atoms with Gasteiger partial charge in [-0.1, -0.05) is 35.9 Å². The first-order valence-corrected chi connectivity index (χ1v) is 9.68. The van der Waals surface area contributed by atoms with Crippen molar-refractivity contribution in [1.29, 1.82) is 0 Å². The minimum atomic E-state index is -4.90. The molecule has 10 heteroatoms. The summed E-state index contributed by atoms with van der Waals surface area (Å²) in [5.41, 5.74) is 0.725. The van der Waals surface area contributed by atoms with E-state index in [4.69, 9.17) is 11.6 Å². The van der Waals surface area contributed by atoms with Gasteiger partial charge >= 0.3 is 6.18 Å². The van der Waals surface area contributed by atoms with Crippen LogP contribution in [0.5, 0.6) is 0 Å². The molecule has 0 spiro atoms. The van der Waals surface area contributed by atoms with E-state index in [0.717, 1.165) is 6.33 Å². The van der Waals surface area contributed by atoms with E-state index < -0.39 is 30.2 Å². The number of benzene rings is 2. The quantitative estimate of drug-likeness (QED) is 0.440. The number of aromatic nitrogens is 3. The van der Waals surface area contributed by atoms with Crippen molar-refractivity contribution >= 4 is 22.5 Å². The molecular formula is C22H14ClF4N3O2. The van der Waals surface area contributed by atoms with E-state index >= 15 is 0 Å². The minimum absolute atomic E-state index is 0.0268. The van der Waals surface area contributed by atoms with Crippen molar-refractivity contribution in [2.45, 2.75) is 18.8 Å². The Balaban J connectivity index is 1.96. The Bertz CT molecular complexity index is 1350. The van der Waals surface area contributed by atoms with E-state index in [-0.39, 0.29) is 16.6 Å². The van der Waals surface area contributed by atoms with Crippen LogP contribution in [-0.4, -0.2) is 31.9 Å². The zero-order chi connectivity index (χ0) is 23.0. The molecule has 2 aromatic carbocycles. The van der Waals surface area contributed by atoms with E-state index in [9.17, 15) is 27.5 Å². The van der Waals surface area contributed by atoms with Crippen LogP contribution in [0.4, 0.5) is 17.6 Å². The van der Waals surface area contributed by atoms with Crippen LogP contribution in [0.25, 0.3) is 33.4 Å². The lowest BCUT2D eigenvalue weighted by molar-refractivity contribution is -0.207. The van der Waals surface area contributed by atoms with Crippen molar-refractivity contribution in [3.05, 3.63) is 82.1 Å². The van der Waals surface area contributed by atoms with Crippen molar-refractivity contribution in [3.8, 4) is 22.5 Å². The summed E-state index contributed by atoms with van der Waals surface area (Å²) < 4.78 is 52.9. The fourth-order valence-electron chi connectivity index (χ4n) is 3.19. The molecule has 0 saturated heterocycles. The lowest BCUT2D eigenvalue weighted by Crippen LogP contribution is -2.36. The topological polar surface area (TPSA) is 68.0 Å². The normalized spacial score (nSPS) is 12.8. The summed E-state index contributed by atoms with van der Waals surface area (Å²) in [6.07, 6.45) is -6.72. The second kappa shape index (κ2) is 8.33. The van der Waals surface area contributed by atoms with E-state index in [1.807, 2.05) is 0 Å². The molecule has 2 aromatic heterocycles. The van der Waals surface area contributed by atoms with Crippen molar-refractivity contribution < 1.29 is 22.7 Å². The van der Waals surface area contributed by atoms with Crippen molar-refractivity contribution in [1.82, 2.24) is 14.5 Å². The molecule has 164 valence electrons. The number of rotatable bonds is 4. The summed E-state index contributed by atoms with van der Waals surface area (Å²) >= 11 is 5.93. The van der Waals surface area contributed by atoms with Crippen LogP contribution in [0.15, 0.2) is 65.7 Å². The van der Waals surface area contributed by atoms with Gasteiger partial charge in [0.25, 0.3) is 5.56 Å². The van der Waals surface area contributed by atoms with Crippen LogP contribution in [0.3, 0.4) is 0 Å². The van der Waals surface area contributed by atoms with Gasteiger partial charge in [-0.15, -0.1) is 0 Å². The van der Waals surface area contributed by atoms with Gasteiger partial charge in [0.15, 0.2) is 6.10 Å². The zero-order valence-corrected chi connectivity index (χ0v) is 16.9. The van der Waals surface area contributed by atoms with Crippen LogP contribution >= 0.6 is 11.6 Å². The number of aliphatic hydroxyl groups is 1. The van der Waals surface area contributed by atoms with Gasteiger partial charge in [0, 0.05) is 16.1 Å². The molecule has 0 aliphatic rings. The molecule has 4 aromatic rings. The van der Waals surface area contributed by atoms with Crippen molar-refractivity contribution in [3.63, 3.8) is 0 Å². The average Bonchev–Trinajstić information content (AvgIpc) is 2.75. The van der Waals surface area contributed by atoms with Gasteiger partial charge in [-0.2, -0.15) is 13.2 Å². The Morgan fingerprint density at radius 1 is 1.06 bits per heavy atom. The van der Waals surface area contributed by atoms with E-state index in [2.05, 4.69) is 9.97 Å². The fraction of sp³-hybridized carbons (Fsp3) is 0.136. The van der Waals surface area contributed by atoms with Gasteiger partial charge in [-0.25, -0.2) is 14.4 Å². The van der Waals surface area contributed by atoms with Crippen molar-refractivity contribution in [2.75, 3.05) is 0 Å². The average molecular weight is 464 g/mol. The van der Waals surface area contributed by atoms with E-state index in [1.54, 1.807) is 30.3 Å². The highest BCUT2D eigenvalue weighted by atomic mass is 35.5. The number of alkyl halides is 3. The molecule has 0 saturated carbocycles. The Kier molecular flexibility index (Phi) is 5.70. The molecule has 2 heterocycles. The molecule has 0 fully saturated rings. The first kappa shape index (κ1) is 21.9. The second-order valence-corrected chi connectivity index (χ2v) is 7.47. The maximum atomic E-state index is 13.9. The third-order valence-corrected chi connectivity index (χ3v) is 5.05. The van der Waals surface area contributed by atoms with Crippen LogP contribution in [-0.2, 0) is 6.54 Å². The molecule has 1 unspecified atom stereocenters. The number of pyridine rings is 1. The van der Waals surface area contributed by atoms with Gasteiger partial charge < -0.3 is 5.11 Å². The van der Waals surface area contributed by atoms with Gasteiger partial charge in [-0.05, 0) is 30.3 Å². The van der Waals surface area contributed by atoms with E-state index in [0.29, 0.717) is 26.4 Å². The largest absolute Gasteiger partial charge is 0.416 e. The highest BCUT2D eigenvalue weighted by Crippen LogP contribution is 2.30. The van der Waals surface area contributed by atoms with Gasteiger partial charge in [-0.3, -0.25) is 9.36 Å². The predicted molar refractivity (Wildman–Crippen MR) is 112 cm³/mol. The first-order valence-electron chi connectivity index (χ1n) is 9.30. The summed E-state index contributed by atoms with van der Waals surface area (Å²) in [6, 6.07) is 13.5. The molecule has 0 radical (unpaired) electrons. The molecular weight excluding hydrogens is 450 g/mol. The van der Waals surface area contributed by atoms with Crippen LogP contribution < -0.4 is 5.56 Å². The molecule has 1 N–H and O–H groups in total. The molecule has 32 heavy (non-hydrogen) atoms. The summed E-state index contributed by atoms with van der Waals surface area (Å²) in [6.45, 7) is -1.01. The highest BCUT2D eigenvalue weighted by molar-refractivity contribution is 6.30. The second-order valence-electron chi connectivity index (χ2n) is 7.03. The number of hydrogen-bond donors (Lipinski definition) is 1. The van der Waals surface area contributed by atoms with Crippen LogP contribution in [0, 0.1) is 5.82 Å². The summed E-state index contributed by atoms with van der Waals surface area (Å²) in [5.74, 6) is -0.531. The summed E-state index contributed by atoms with van der Waals surface area (Å²) in [5, 5.41) is 9.83. The van der Waals surface area contributed by atoms with E-state index in [1.165, 1.54) is 24.3 Å². The summed E-state index contributed by atoms with van der Waals surface area (Å²) in [4.78, 5) is 21.6. The number of hydrogen-bond acceptors (Lipinski definition) is 4. The number of fused-ring (bicyclic) bond motifs is 1. The van der Waals surface area contributed by atoms with Gasteiger partial charge in [0.2, 0.25) is 0 Å². The predicted octanol–water partition coefficient (Wildman–Crippen LogP) is 4.84. The Morgan fingerprint density at radius 3 is 2.44 bits per heavy atom. The molecule has 0 amide bonds. The summed E-state index contributed by atoms with van der Waals surface area (Å²) in [7, 11) is 0. The lowest BCUT2D eigenvalue weighted by Gasteiger charge is -2.16. The van der Waals surface area contributed by atoms with Crippen LogP contribution in [0.2, 0.25) is 5.02 Å². The maximum absolute atomic E-state index is 13.9. The van der Waals surface area contributed by atoms with Crippen LogP contribution in [0.1, 0.15) is 0 Å².